The first-order chi connectivity index (χ1) is 28.3. The molecule has 0 aliphatic carbocycles. The third-order valence-corrected chi connectivity index (χ3v) is 11.1. The van der Waals surface area contributed by atoms with Gasteiger partial charge in [0.1, 0.15) is 22.3 Å². The Hall–Kier alpha value is -7.83. The van der Waals surface area contributed by atoms with Crippen LogP contribution in [-0.4, -0.2) is 19.5 Å². The van der Waals surface area contributed by atoms with Gasteiger partial charge in [0.15, 0.2) is 17.5 Å². The molecule has 266 valence electrons. The molecule has 0 saturated heterocycles. The van der Waals surface area contributed by atoms with E-state index in [9.17, 15) is 0 Å². The van der Waals surface area contributed by atoms with Crippen LogP contribution in [0.15, 0.2) is 191 Å². The lowest BCUT2D eigenvalue weighted by Crippen LogP contribution is -2.00. The summed E-state index contributed by atoms with van der Waals surface area (Å²) < 4.78 is 15.6. The lowest BCUT2D eigenvalue weighted by Gasteiger charge is -2.11. The van der Waals surface area contributed by atoms with Crippen molar-refractivity contribution in [2.45, 2.75) is 0 Å². The summed E-state index contributed by atoms with van der Waals surface area (Å²) in [4.78, 5) is 15.0. The fraction of sp³-hybridized carbons (Fsp3) is 0. The predicted octanol–water partition coefficient (Wildman–Crippen LogP) is 13.4. The monoisotopic (exact) mass is 730 g/mol. The maximum absolute atomic E-state index is 6.67. The first-order valence-corrected chi connectivity index (χ1v) is 19.0. The molecule has 0 amide bonds. The summed E-state index contributed by atoms with van der Waals surface area (Å²) in [6.07, 6.45) is 0. The molecule has 0 aliphatic heterocycles. The first-order valence-electron chi connectivity index (χ1n) is 19.0. The van der Waals surface area contributed by atoms with Gasteiger partial charge in [-0.3, -0.25) is 0 Å². The summed E-state index contributed by atoms with van der Waals surface area (Å²) >= 11 is 0. The Labute approximate surface area is 325 Å². The Morgan fingerprint density at radius 1 is 0.333 bits per heavy atom. The van der Waals surface area contributed by atoms with Gasteiger partial charge in [-0.25, -0.2) is 15.0 Å². The summed E-state index contributed by atoms with van der Waals surface area (Å²) in [7, 11) is 0. The van der Waals surface area contributed by atoms with E-state index >= 15 is 0 Å². The fourth-order valence-electron chi connectivity index (χ4n) is 8.57. The second kappa shape index (κ2) is 12.3. The second-order valence-corrected chi connectivity index (χ2v) is 14.3. The number of benzene rings is 8. The number of furan rings is 2. The molecule has 4 aromatic heterocycles. The molecular formula is C51H30N4O2. The van der Waals surface area contributed by atoms with Crippen LogP contribution in [0.2, 0.25) is 0 Å². The molecule has 0 N–H and O–H groups in total. The van der Waals surface area contributed by atoms with Crippen molar-refractivity contribution in [3.05, 3.63) is 182 Å². The standard InChI is InChI=1S/C51H30N4O2/c1-3-14-31(15-4-1)49-52-50(32-16-5-2-6-17-32)54-51(53-49)38-21-12-25-42-46(38)37-29-28-33(30-45(37)57-42)34-20-11-26-43-47(34)48-41(24-13-27-44(48)56-43)55-39-22-9-7-18-35(39)36-19-8-10-23-40(36)55/h1-30H. The van der Waals surface area contributed by atoms with Crippen molar-refractivity contribution >= 4 is 65.7 Å². The van der Waals surface area contributed by atoms with E-state index in [1.165, 1.54) is 10.8 Å². The van der Waals surface area contributed by atoms with Crippen LogP contribution in [-0.2, 0) is 0 Å². The zero-order valence-electron chi connectivity index (χ0n) is 30.4. The molecule has 0 spiro atoms. The molecular weight excluding hydrogens is 701 g/mol. The van der Waals surface area contributed by atoms with Gasteiger partial charge in [0, 0.05) is 43.6 Å². The van der Waals surface area contributed by atoms with Gasteiger partial charge in [-0.05, 0) is 59.7 Å². The van der Waals surface area contributed by atoms with Gasteiger partial charge < -0.3 is 13.4 Å². The maximum Gasteiger partial charge on any atom is 0.164 e. The number of fused-ring (bicyclic) bond motifs is 9. The van der Waals surface area contributed by atoms with E-state index in [2.05, 4.69) is 114 Å². The average molecular weight is 731 g/mol. The fourth-order valence-corrected chi connectivity index (χ4v) is 8.57. The Kier molecular flexibility index (Phi) is 6.83. The van der Waals surface area contributed by atoms with Crippen LogP contribution in [0.4, 0.5) is 0 Å². The third kappa shape index (κ3) is 4.87. The molecule has 0 radical (unpaired) electrons. The maximum atomic E-state index is 6.67. The van der Waals surface area contributed by atoms with Crippen LogP contribution in [0.25, 0.3) is 117 Å². The number of rotatable bonds is 5. The Bertz CT molecular complexity index is 3410. The van der Waals surface area contributed by atoms with E-state index in [0.717, 1.165) is 88.4 Å². The highest BCUT2D eigenvalue weighted by Crippen LogP contribution is 2.44. The summed E-state index contributed by atoms with van der Waals surface area (Å²) in [5.74, 6) is 1.83. The minimum absolute atomic E-state index is 0.590. The van der Waals surface area contributed by atoms with Crippen molar-refractivity contribution in [3.8, 4) is 51.0 Å². The number of nitrogens with zero attached hydrogens (tertiary/aromatic N) is 4. The minimum Gasteiger partial charge on any atom is -0.456 e. The normalized spacial score (nSPS) is 11.9. The van der Waals surface area contributed by atoms with Crippen molar-refractivity contribution in [2.75, 3.05) is 0 Å². The smallest absolute Gasteiger partial charge is 0.164 e. The molecule has 0 bridgehead atoms. The molecule has 6 nitrogen and oxygen atoms in total. The quantitative estimate of drug-likeness (QED) is 0.176. The van der Waals surface area contributed by atoms with E-state index in [1.807, 2.05) is 72.8 Å². The Balaban J connectivity index is 1.06. The van der Waals surface area contributed by atoms with E-state index in [4.69, 9.17) is 23.8 Å². The van der Waals surface area contributed by atoms with E-state index in [1.54, 1.807) is 0 Å². The van der Waals surface area contributed by atoms with Gasteiger partial charge in [-0.1, -0.05) is 133 Å². The van der Waals surface area contributed by atoms with Crippen molar-refractivity contribution in [2.24, 2.45) is 0 Å². The van der Waals surface area contributed by atoms with Crippen molar-refractivity contribution < 1.29 is 8.83 Å². The summed E-state index contributed by atoms with van der Waals surface area (Å²) in [5.41, 5.74) is 11.4. The SMILES string of the molecule is c1ccc(-c2nc(-c3ccccc3)nc(-c3cccc4oc5cc(-c6cccc7oc8cccc(-n9c%10ccccc%10c%10ccccc%109)c8c67)ccc5c34)n2)cc1. The van der Waals surface area contributed by atoms with Crippen LogP contribution >= 0.6 is 0 Å². The highest BCUT2D eigenvalue weighted by Gasteiger charge is 2.22. The molecule has 0 unspecified atom stereocenters. The Morgan fingerprint density at radius 3 is 1.53 bits per heavy atom. The zero-order valence-corrected chi connectivity index (χ0v) is 30.4. The molecule has 4 heterocycles. The van der Waals surface area contributed by atoms with Crippen molar-refractivity contribution in [1.29, 1.82) is 0 Å². The van der Waals surface area contributed by atoms with Crippen LogP contribution in [0.5, 0.6) is 0 Å². The second-order valence-electron chi connectivity index (χ2n) is 14.3. The van der Waals surface area contributed by atoms with Gasteiger partial charge in [0.25, 0.3) is 0 Å². The molecule has 0 saturated carbocycles. The number of hydrogen-bond acceptors (Lipinski definition) is 5. The van der Waals surface area contributed by atoms with Crippen LogP contribution < -0.4 is 0 Å². The van der Waals surface area contributed by atoms with Gasteiger partial charge in [-0.2, -0.15) is 0 Å². The molecule has 6 heteroatoms. The predicted molar refractivity (Wildman–Crippen MR) is 230 cm³/mol. The zero-order chi connectivity index (χ0) is 37.5. The number of para-hydroxylation sites is 2. The largest absolute Gasteiger partial charge is 0.456 e. The summed E-state index contributed by atoms with van der Waals surface area (Å²) in [6, 6.07) is 62.5. The van der Waals surface area contributed by atoms with Crippen molar-refractivity contribution in [1.82, 2.24) is 19.5 Å². The topological polar surface area (TPSA) is 69.9 Å². The molecule has 0 aliphatic rings. The summed E-state index contributed by atoms with van der Waals surface area (Å²) in [6.45, 7) is 0. The van der Waals surface area contributed by atoms with E-state index in [0.29, 0.717) is 17.5 Å². The summed E-state index contributed by atoms with van der Waals surface area (Å²) in [5, 5.41) is 6.52. The average Bonchev–Trinajstić information content (AvgIpc) is 3.96. The molecule has 12 rings (SSSR count). The van der Waals surface area contributed by atoms with E-state index in [-0.39, 0.29) is 0 Å². The van der Waals surface area contributed by atoms with Gasteiger partial charge in [-0.15, -0.1) is 0 Å². The number of hydrogen-bond donors (Lipinski definition) is 0. The number of aromatic nitrogens is 4. The van der Waals surface area contributed by atoms with Gasteiger partial charge >= 0.3 is 0 Å². The molecule has 0 fully saturated rings. The minimum atomic E-state index is 0.590. The van der Waals surface area contributed by atoms with Crippen LogP contribution in [0, 0.1) is 0 Å². The first kappa shape index (κ1) is 31.5. The van der Waals surface area contributed by atoms with Crippen molar-refractivity contribution in [3.63, 3.8) is 0 Å². The molecule has 12 aromatic rings. The third-order valence-electron chi connectivity index (χ3n) is 11.1. The lowest BCUT2D eigenvalue weighted by atomic mass is 9.97. The van der Waals surface area contributed by atoms with Crippen LogP contribution in [0.1, 0.15) is 0 Å². The van der Waals surface area contributed by atoms with Gasteiger partial charge in [0.2, 0.25) is 0 Å². The van der Waals surface area contributed by atoms with E-state index < -0.39 is 0 Å². The van der Waals surface area contributed by atoms with Gasteiger partial charge in [0.05, 0.1) is 22.1 Å². The molecule has 0 atom stereocenters. The lowest BCUT2D eigenvalue weighted by molar-refractivity contribution is 0.668. The molecule has 57 heavy (non-hydrogen) atoms. The molecule has 8 aromatic carbocycles. The highest BCUT2D eigenvalue weighted by molar-refractivity contribution is 6.19. The van der Waals surface area contributed by atoms with Crippen LogP contribution in [0.3, 0.4) is 0 Å². The highest BCUT2D eigenvalue weighted by atomic mass is 16.3. The Morgan fingerprint density at radius 2 is 0.860 bits per heavy atom.